The molecule has 0 radical (unpaired) electrons. The zero-order valence-corrected chi connectivity index (χ0v) is 8.44. The van der Waals surface area contributed by atoms with E-state index in [1.54, 1.807) is 6.08 Å². The van der Waals surface area contributed by atoms with Gasteiger partial charge in [0.2, 0.25) is 0 Å². The molecule has 0 unspecified atom stereocenters. The lowest BCUT2D eigenvalue weighted by molar-refractivity contribution is -0.139. The molecule has 1 fully saturated rings. The largest absolute Gasteiger partial charge is 0.478 e. The Hall–Kier alpha value is -1.58. The molecular formula is C11H14O4. The van der Waals surface area contributed by atoms with Crippen LogP contribution in [0.2, 0.25) is 0 Å². The van der Waals surface area contributed by atoms with Crippen LogP contribution in [0.15, 0.2) is 24.5 Å². The highest BCUT2D eigenvalue weighted by Crippen LogP contribution is 2.29. The van der Waals surface area contributed by atoms with Gasteiger partial charge in [0.15, 0.2) is 0 Å². The van der Waals surface area contributed by atoms with Crippen molar-refractivity contribution in [2.75, 3.05) is 0 Å². The molecule has 0 saturated heterocycles. The maximum Gasteiger partial charge on any atom is 0.331 e. The minimum atomic E-state index is -0.758. The van der Waals surface area contributed by atoms with E-state index in [2.05, 4.69) is 11.3 Å². The first kappa shape index (κ1) is 11.5. The summed E-state index contributed by atoms with van der Waals surface area (Å²) in [4.78, 5) is 20.4. The zero-order chi connectivity index (χ0) is 11.3. The molecule has 0 amide bonds. The SMILES string of the molecule is C=COC(=O)C1CC1.O=C(O)C1=CCC1. The lowest BCUT2D eigenvalue weighted by Crippen LogP contribution is -2.05. The molecule has 2 aliphatic rings. The summed E-state index contributed by atoms with van der Waals surface area (Å²) in [6.45, 7) is 3.27. The Bertz CT molecular complexity index is 300. The van der Waals surface area contributed by atoms with Crippen LogP contribution in [0.5, 0.6) is 0 Å². The van der Waals surface area contributed by atoms with Crippen molar-refractivity contribution in [3.05, 3.63) is 24.5 Å². The Labute approximate surface area is 88.2 Å². The first-order valence-corrected chi connectivity index (χ1v) is 4.89. The van der Waals surface area contributed by atoms with Crippen LogP contribution >= 0.6 is 0 Å². The molecule has 0 aromatic heterocycles. The summed E-state index contributed by atoms with van der Waals surface area (Å²) in [5, 5.41) is 8.16. The average Bonchev–Trinajstić information content (AvgIpc) is 2.82. The van der Waals surface area contributed by atoms with Gasteiger partial charge in [0, 0.05) is 5.57 Å². The summed E-state index contributed by atoms with van der Waals surface area (Å²) in [5.41, 5.74) is 0.569. The molecule has 82 valence electrons. The fourth-order valence-corrected chi connectivity index (χ4v) is 0.980. The molecule has 0 heterocycles. The molecule has 0 atom stereocenters. The molecule has 0 aromatic rings. The van der Waals surface area contributed by atoms with Gasteiger partial charge in [-0.25, -0.2) is 4.79 Å². The maximum absolute atomic E-state index is 10.5. The van der Waals surface area contributed by atoms with Crippen molar-refractivity contribution in [1.82, 2.24) is 0 Å². The Balaban J connectivity index is 0.000000151. The predicted molar refractivity (Wildman–Crippen MR) is 54.0 cm³/mol. The number of carbonyl (C=O) groups is 2. The van der Waals surface area contributed by atoms with E-state index in [0.717, 1.165) is 25.7 Å². The molecule has 0 spiro atoms. The van der Waals surface area contributed by atoms with Gasteiger partial charge in [0.1, 0.15) is 0 Å². The zero-order valence-electron chi connectivity index (χ0n) is 8.44. The van der Waals surface area contributed by atoms with E-state index in [-0.39, 0.29) is 11.9 Å². The van der Waals surface area contributed by atoms with Gasteiger partial charge in [0.05, 0.1) is 12.2 Å². The molecule has 2 rings (SSSR count). The number of rotatable bonds is 3. The molecule has 1 saturated carbocycles. The number of carboxylic acid groups (broad SMARTS) is 1. The van der Waals surface area contributed by atoms with E-state index in [9.17, 15) is 9.59 Å². The molecule has 4 nitrogen and oxygen atoms in total. The Morgan fingerprint density at radius 1 is 1.53 bits per heavy atom. The summed E-state index contributed by atoms with van der Waals surface area (Å²) >= 11 is 0. The van der Waals surface area contributed by atoms with Gasteiger partial charge >= 0.3 is 11.9 Å². The van der Waals surface area contributed by atoms with Gasteiger partial charge in [-0.15, -0.1) is 0 Å². The van der Waals surface area contributed by atoms with Crippen LogP contribution in [0.3, 0.4) is 0 Å². The van der Waals surface area contributed by atoms with Crippen molar-refractivity contribution in [3.8, 4) is 0 Å². The van der Waals surface area contributed by atoms with Gasteiger partial charge in [0.25, 0.3) is 0 Å². The summed E-state index contributed by atoms with van der Waals surface area (Å²) in [5.74, 6) is -0.695. The van der Waals surface area contributed by atoms with E-state index in [0.29, 0.717) is 5.57 Å². The molecular weight excluding hydrogens is 196 g/mol. The van der Waals surface area contributed by atoms with Crippen LogP contribution in [0.25, 0.3) is 0 Å². The van der Waals surface area contributed by atoms with Gasteiger partial charge in [-0.05, 0) is 25.7 Å². The summed E-state index contributed by atoms with van der Waals surface area (Å²) in [6, 6.07) is 0. The monoisotopic (exact) mass is 210 g/mol. The third-order valence-corrected chi connectivity index (χ3v) is 2.19. The van der Waals surface area contributed by atoms with Crippen molar-refractivity contribution >= 4 is 11.9 Å². The van der Waals surface area contributed by atoms with E-state index in [1.165, 1.54) is 6.26 Å². The quantitative estimate of drug-likeness (QED) is 0.570. The van der Waals surface area contributed by atoms with Gasteiger partial charge in [-0.2, -0.15) is 0 Å². The van der Waals surface area contributed by atoms with Gasteiger partial charge < -0.3 is 9.84 Å². The Morgan fingerprint density at radius 3 is 2.33 bits per heavy atom. The van der Waals surface area contributed by atoms with Crippen LogP contribution in [0.1, 0.15) is 25.7 Å². The third kappa shape index (κ3) is 3.97. The fourth-order valence-electron chi connectivity index (χ4n) is 0.980. The number of carboxylic acids is 1. The topological polar surface area (TPSA) is 63.6 Å². The van der Waals surface area contributed by atoms with E-state index in [4.69, 9.17) is 5.11 Å². The number of carbonyl (C=O) groups excluding carboxylic acids is 1. The van der Waals surface area contributed by atoms with Crippen molar-refractivity contribution in [3.63, 3.8) is 0 Å². The number of hydrogen-bond acceptors (Lipinski definition) is 3. The van der Waals surface area contributed by atoms with Crippen LogP contribution in [-0.4, -0.2) is 17.0 Å². The molecule has 0 bridgehead atoms. The molecule has 15 heavy (non-hydrogen) atoms. The number of ether oxygens (including phenoxy) is 1. The third-order valence-electron chi connectivity index (χ3n) is 2.19. The first-order valence-electron chi connectivity index (χ1n) is 4.89. The number of esters is 1. The summed E-state index contributed by atoms with van der Waals surface area (Å²) in [7, 11) is 0. The standard InChI is InChI=1S/C6H8O2.C5H6O2/c1-2-8-6(7)5-3-4-5;6-5(7)4-2-1-3-4/h2,5H,1,3-4H2;2H,1,3H2,(H,6,7). The molecule has 0 aliphatic heterocycles. The lowest BCUT2D eigenvalue weighted by Gasteiger charge is -2.06. The Morgan fingerprint density at radius 2 is 2.13 bits per heavy atom. The van der Waals surface area contributed by atoms with E-state index >= 15 is 0 Å². The Kier molecular flexibility index (Phi) is 4.09. The molecule has 0 aromatic carbocycles. The highest BCUT2D eigenvalue weighted by atomic mass is 16.5. The molecule has 4 heteroatoms. The van der Waals surface area contributed by atoms with E-state index < -0.39 is 5.97 Å². The van der Waals surface area contributed by atoms with Gasteiger partial charge in [-0.1, -0.05) is 12.7 Å². The second-order valence-corrected chi connectivity index (χ2v) is 3.45. The lowest BCUT2D eigenvalue weighted by atomic mass is 10.00. The minimum absolute atomic E-state index is 0.125. The van der Waals surface area contributed by atoms with Crippen LogP contribution in [0.4, 0.5) is 0 Å². The maximum atomic E-state index is 10.5. The average molecular weight is 210 g/mol. The number of allylic oxidation sites excluding steroid dienone is 1. The van der Waals surface area contributed by atoms with Crippen LogP contribution < -0.4 is 0 Å². The van der Waals surface area contributed by atoms with Crippen molar-refractivity contribution in [1.29, 1.82) is 0 Å². The summed E-state index contributed by atoms with van der Waals surface area (Å²) in [6.07, 6.45) is 6.61. The first-order chi connectivity index (χ1) is 7.15. The number of hydrogen-bond donors (Lipinski definition) is 1. The van der Waals surface area contributed by atoms with Gasteiger partial charge in [-0.3, -0.25) is 4.79 Å². The highest BCUT2D eigenvalue weighted by molar-refractivity contribution is 5.87. The van der Waals surface area contributed by atoms with E-state index in [1.807, 2.05) is 0 Å². The van der Waals surface area contributed by atoms with Crippen molar-refractivity contribution in [2.45, 2.75) is 25.7 Å². The van der Waals surface area contributed by atoms with Crippen LogP contribution in [-0.2, 0) is 14.3 Å². The predicted octanol–water partition coefficient (Wildman–Crippen LogP) is 1.87. The van der Waals surface area contributed by atoms with Crippen molar-refractivity contribution < 1.29 is 19.4 Å². The number of aliphatic carboxylic acids is 1. The normalized spacial score (nSPS) is 17.5. The summed E-state index contributed by atoms with van der Waals surface area (Å²) < 4.78 is 4.49. The molecule has 1 N–H and O–H groups in total. The second-order valence-electron chi connectivity index (χ2n) is 3.45. The minimum Gasteiger partial charge on any atom is -0.478 e. The van der Waals surface area contributed by atoms with Crippen LogP contribution in [0, 0.1) is 5.92 Å². The highest BCUT2D eigenvalue weighted by Gasteiger charge is 2.30. The fraction of sp³-hybridized carbons (Fsp3) is 0.455. The smallest absolute Gasteiger partial charge is 0.331 e. The van der Waals surface area contributed by atoms with Crippen molar-refractivity contribution in [2.24, 2.45) is 5.92 Å². The second kappa shape index (κ2) is 5.34. The molecule has 2 aliphatic carbocycles.